The third-order valence-corrected chi connectivity index (χ3v) is 2.58. The Kier molecular flexibility index (Phi) is 5.17. The molecule has 0 heterocycles. The van der Waals surface area contributed by atoms with Crippen LogP contribution in [0.4, 0.5) is 11.4 Å². The number of hydrogen-bond donors (Lipinski definition) is 3. The van der Waals surface area contributed by atoms with Crippen LogP contribution in [0, 0.1) is 0 Å². The van der Waals surface area contributed by atoms with Crippen LogP contribution in [0.5, 0.6) is 0 Å². The van der Waals surface area contributed by atoms with Crippen LogP contribution in [0.3, 0.4) is 0 Å². The molecule has 0 aliphatic heterocycles. The molecule has 1 unspecified atom stereocenters. The van der Waals surface area contributed by atoms with Crippen LogP contribution in [-0.2, 0) is 9.53 Å². The summed E-state index contributed by atoms with van der Waals surface area (Å²) in [5, 5.41) is 5.62. The fourth-order valence-electron chi connectivity index (χ4n) is 1.55. The van der Waals surface area contributed by atoms with Crippen LogP contribution in [0.1, 0.15) is 24.2 Å². The summed E-state index contributed by atoms with van der Waals surface area (Å²) in [6, 6.07) is 4.32. The number of carbonyl (C=O) groups excluding carboxylic acids is 2. The molecule has 0 fully saturated rings. The Hall–Kier alpha value is -2.24. The van der Waals surface area contributed by atoms with Gasteiger partial charge in [0.1, 0.15) is 6.04 Å². The van der Waals surface area contributed by atoms with Crippen LogP contribution in [-0.4, -0.2) is 31.6 Å². The SMILES string of the molecule is CCNC(=O)c1ccc(N)c(NC(C)C(=O)OC)c1. The third kappa shape index (κ3) is 3.87. The van der Waals surface area contributed by atoms with Gasteiger partial charge in [-0.25, -0.2) is 4.79 Å². The van der Waals surface area contributed by atoms with Crippen LogP contribution in [0.2, 0.25) is 0 Å². The highest BCUT2D eigenvalue weighted by molar-refractivity contribution is 5.96. The second kappa shape index (κ2) is 6.63. The molecule has 0 aliphatic rings. The summed E-state index contributed by atoms with van der Waals surface area (Å²) in [6.07, 6.45) is 0. The van der Waals surface area contributed by atoms with Crippen LogP contribution in [0.15, 0.2) is 18.2 Å². The van der Waals surface area contributed by atoms with Gasteiger partial charge in [-0.1, -0.05) is 0 Å². The molecule has 0 aromatic heterocycles. The number of anilines is 2. The summed E-state index contributed by atoms with van der Waals surface area (Å²) in [5.41, 5.74) is 7.28. The Morgan fingerprint density at radius 2 is 2.11 bits per heavy atom. The van der Waals surface area contributed by atoms with Crippen molar-refractivity contribution in [2.45, 2.75) is 19.9 Å². The zero-order valence-corrected chi connectivity index (χ0v) is 11.3. The number of amides is 1. The Labute approximate surface area is 112 Å². The Bertz CT molecular complexity index is 474. The van der Waals surface area contributed by atoms with Crippen LogP contribution < -0.4 is 16.4 Å². The zero-order valence-electron chi connectivity index (χ0n) is 11.3. The van der Waals surface area contributed by atoms with Gasteiger partial charge in [-0.3, -0.25) is 4.79 Å². The van der Waals surface area contributed by atoms with Gasteiger partial charge >= 0.3 is 5.97 Å². The van der Waals surface area contributed by atoms with Crippen molar-refractivity contribution in [2.75, 3.05) is 24.7 Å². The molecular weight excluding hydrogens is 246 g/mol. The number of hydrogen-bond acceptors (Lipinski definition) is 5. The average Bonchev–Trinajstić information content (AvgIpc) is 2.40. The van der Waals surface area contributed by atoms with Gasteiger partial charge in [0.05, 0.1) is 18.5 Å². The van der Waals surface area contributed by atoms with Crippen molar-refractivity contribution in [2.24, 2.45) is 0 Å². The number of benzene rings is 1. The van der Waals surface area contributed by atoms with Crippen molar-refractivity contribution in [1.82, 2.24) is 5.32 Å². The first-order valence-electron chi connectivity index (χ1n) is 6.01. The molecule has 6 heteroatoms. The maximum absolute atomic E-state index is 11.7. The van der Waals surface area contributed by atoms with Gasteiger partial charge < -0.3 is 21.1 Å². The lowest BCUT2D eigenvalue weighted by Gasteiger charge is -2.15. The molecule has 0 aliphatic carbocycles. The second-order valence-electron chi connectivity index (χ2n) is 4.05. The van der Waals surface area contributed by atoms with E-state index in [1.807, 2.05) is 6.92 Å². The lowest BCUT2D eigenvalue weighted by molar-refractivity contribution is -0.141. The molecule has 0 spiro atoms. The van der Waals surface area contributed by atoms with Crippen molar-refractivity contribution >= 4 is 23.3 Å². The molecule has 0 saturated carbocycles. The summed E-state index contributed by atoms with van der Waals surface area (Å²) < 4.78 is 4.62. The molecule has 4 N–H and O–H groups in total. The van der Waals surface area contributed by atoms with Gasteiger partial charge in [0.15, 0.2) is 0 Å². The summed E-state index contributed by atoms with van der Waals surface area (Å²) in [6.45, 7) is 4.04. The minimum absolute atomic E-state index is 0.184. The summed E-state index contributed by atoms with van der Waals surface area (Å²) in [4.78, 5) is 23.1. The van der Waals surface area contributed by atoms with Gasteiger partial charge in [0.25, 0.3) is 5.91 Å². The zero-order chi connectivity index (χ0) is 14.4. The predicted octanol–water partition coefficient (Wildman–Crippen LogP) is 0.992. The first kappa shape index (κ1) is 14.8. The van der Waals surface area contributed by atoms with E-state index in [9.17, 15) is 9.59 Å². The minimum Gasteiger partial charge on any atom is -0.467 e. The summed E-state index contributed by atoms with van der Waals surface area (Å²) >= 11 is 0. The number of ether oxygens (including phenoxy) is 1. The minimum atomic E-state index is -0.545. The van der Waals surface area contributed by atoms with E-state index in [1.165, 1.54) is 7.11 Å². The number of nitrogens with two attached hydrogens (primary N) is 1. The fraction of sp³-hybridized carbons (Fsp3) is 0.385. The molecule has 104 valence electrons. The number of methoxy groups -OCH3 is 1. The molecule has 1 amide bonds. The molecule has 19 heavy (non-hydrogen) atoms. The predicted molar refractivity (Wildman–Crippen MR) is 74.0 cm³/mol. The molecule has 1 rings (SSSR count). The van der Waals surface area contributed by atoms with Gasteiger partial charge in [-0.05, 0) is 32.0 Å². The number of esters is 1. The van der Waals surface area contributed by atoms with E-state index in [-0.39, 0.29) is 5.91 Å². The van der Waals surface area contributed by atoms with Gasteiger partial charge in [0.2, 0.25) is 0 Å². The topological polar surface area (TPSA) is 93.5 Å². The molecule has 1 aromatic carbocycles. The molecule has 0 radical (unpaired) electrons. The normalized spacial score (nSPS) is 11.5. The monoisotopic (exact) mass is 265 g/mol. The molecule has 0 bridgehead atoms. The van der Waals surface area contributed by atoms with E-state index in [2.05, 4.69) is 15.4 Å². The Morgan fingerprint density at radius 3 is 2.68 bits per heavy atom. The second-order valence-corrected chi connectivity index (χ2v) is 4.05. The maximum atomic E-state index is 11.7. The number of nitrogen functional groups attached to an aromatic ring is 1. The van der Waals surface area contributed by atoms with Gasteiger partial charge in [-0.2, -0.15) is 0 Å². The summed E-state index contributed by atoms with van der Waals surface area (Å²) in [7, 11) is 1.31. The molecule has 1 atom stereocenters. The smallest absolute Gasteiger partial charge is 0.327 e. The molecule has 0 saturated heterocycles. The fourth-order valence-corrected chi connectivity index (χ4v) is 1.55. The lowest BCUT2D eigenvalue weighted by atomic mass is 10.1. The largest absolute Gasteiger partial charge is 0.467 e. The van der Waals surface area contributed by atoms with Crippen molar-refractivity contribution in [3.63, 3.8) is 0 Å². The van der Waals surface area contributed by atoms with Gasteiger partial charge in [0, 0.05) is 12.1 Å². The van der Waals surface area contributed by atoms with E-state index in [4.69, 9.17) is 5.73 Å². The number of carbonyl (C=O) groups is 2. The lowest BCUT2D eigenvalue weighted by Crippen LogP contribution is -2.28. The third-order valence-electron chi connectivity index (χ3n) is 2.58. The quantitative estimate of drug-likeness (QED) is 0.545. The Morgan fingerprint density at radius 1 is 1.42 bits per heavy atom. The molecule has 1 aromatic rings. The number of nitrogens with one attached hydrogen (secondary N) is 2. The highest BCUT2D eigenvalue weighted by Crippen LogP contribution is 2.21. The first-order valence-corrected chi connectivity index (χ1v) is 6.01. The van der Waals surface area contributed by atoms with E-state index < -0.39 is 12.0 Å². The van der Waals surface area contributed by atoms with Crippen molar-refractivity contribution in [3.8, 4) is 0 Å². The highest BCUT2D eigenvalue weighted by atomic mass is 16.5. The van der Waals surface area contributed by atoms with Crippen molar-refractivity contribution in [1.29, 1.82) is 0 Å². The van der Waals surface area contributed by atoms with E-state index in [0.717, 1.165) is 0 Å². The van der Waals surface area contributed by atoms with E-state index in [0.29, 0.717) is 23.5 Å². The van der Waals surface area contributed by atoms with Crippen molar-refractivity contribution in [3.05, 3.63) is 23.8 Å². The van der Waals surface area contributed by atoms with Crippen LogP contribution in [0.25, 0.3) is 0 Å². The molecular formula is C13H19N3O3. The number of rotatable bonds is 5. The first-order chi connectivity index (χ1) is 8.99. The van der Waals surface area contributed by atoms with Gasteiger partial charge in [-0.15, -0.1) is 0 Å². The average molecular weight is 265 g/mol. The standard InChI is InChI=1S/C13H19N3O3/c1-4-15-12(17)9-5-6-10(14)11(7-9)16-8(2)13(18)19-3/h5-8,16H,4,14H2,1-3H3,(H,15,17). The van der Waals surface area contributed by atoms with Crippen LogP contribution >= 0.6 is 0 Å². The molecule has 6 nitrogen and oxygen atoms in total. The highest BCUT2D eigenvalue weighted by Gasteiger charge is 2.15. The van der Waals surface area contributed by atoms with Crippen molar-refractivity contribution < 1.29 is 14.3 Å². The van der Waals surface area contributed by atoms with E-state index in [1.54, 1.807) is 25.1 Å². The summed E-state index contributed by atoms with van der Waals surface area (Å²) in [5.74, 6) is -0.584. The maximum Gasteiger partial charge on any atom is 0.327 e. The Balaban J connectivity index is 2.91. The van der Waals surface area contributed by atoms with E-state index >= 15 is 0 Å².